The zero-order chi connectivity index (χ0) is 29.2. The average molecular weight is 577 g/mol. The highest BCUT2D eigenvalue weighted by molar-refractivity contribution is 6.14. The number of ether oxygens (including phenoxy) is 2. The second kappa shape index (κ2) is 12.2. The van der Waals surface area contributed by atoms with E-state index in [0.29, 0.717) is 40.8 Å². The predicted molar refractivity (Wildman–Crippen MR) is 160 cm³/mol. The molecule has 2 aromatic heterocycles. The summed E-state index contributed by atoms with van der Waals surface area (Å²) < 4.78 is 27.6. The summed E-state index contributed by atoms with van der Waals surface area (Å²) in [5.74, 6) is -0.895. The molecular weight excluding hydrogens is 539 g/mol. The SMILES string of the molecule is CC1CN(c2ccc(C(=O)Nc3cc(F)c4nn(C)cc4c3)c3nc(OCCCN4CCOCC4)ncc23)CC(C)N1. The number of benzene rings is 2. The lowest BCUT2D eigenvalue weighted by Crippen LogP contribution is -2.54. The van der Waals surface area contributed by atoms with Crippen molar-refractivity contribution in [3.63, 3.8) is 0 Å². The van der Waals surface area contributed by atoms with E-state index in [1.165, 1.54) is 6.07 Å². The Kier molecular flexibility index (Phi) is 8.18. The predicted octanol–water partition coefficient (Wildman–Crippen LogP) is 3.20. The molecule has 4 aromatic rings. The van der Waals surface area contributed by atoms with Crippen LogP contribution in [0.1, 0.15) is 30.6 Å². The van der Waals surface area contributed by atoms with Gasteiger partial charge < -0.3 is 25.0 Å². The quantitative estimate of drug-likeness (QED) is 0.306. The number of piperazine rings is 1. The molecule has 0 radical (unpaired) electrons. The number of morpholine rings is 1. The number of nitrogens with one attached hydrogen (secondary N) is 2. The van der Waals surface area contributed by atoms with Crippen LogP contribution in [0.3, 0.4) is 0 Å². The molecule has 6 rings (SSSR count). The highest BCUT2D eigenvalue weighted by Crippen LogP contribution is 2.31. The van der Waals surface area contributed by atoms with Gasteiger partial charge in [-0.3, -0.25) is 14.4 Å². The van der Waals surface area contributed by atoms with Crippen molar-refractivity contribution in [2.24, 2.45) is 7.05 Å². The summed E-state index contributed by atoms with van der Waals surface area (Å²) in [7, 11) is 1.73. The molecule has 0 aliphatic carbocycles. The van der Waals surface area contributed by atoms with Gasteiger partial charge in [0.25, 0.3) is 5.91 Å². The summed E-state index contributed by atoms with van der Waals surface area (Å²) in [6.07, 6.45) is 4.28. The summed E-state index contributed by atoms with van der Waals surface area (Å²) in [4.78, 5) is 27.5. The van der Waals surface area contributed by atoms with Crippen molar-refractivity contribution >= 4 is 39.1 Å². The third-order valence-corrected chi connectivity index (χ3v) is 7.74. The fourth-order valence-electron chi connectivity index (χ4n) is 5.90. The number of hydrogen-bond acceptors (Lipinski definition) is 9. The van der Waals surface area contributed by atoms with Crippen LogP contribution in [0.4, 0.5) is 15.8 Å². The molecule has 0 bridgehead atoms. The van der Waals surface area contributed by atoms with Gasteiger partial charge in [-0.1, -0.05) is 0 Å². The number of carbonyl (C=O) groups excluding carboxylic acids is 1. The van der Waals surface area contributed by atoms with Gasteiger partial charge in [-0.25, -0.2) is 9.37 Å². The molecule has 2 N–H and O–H groups in total. The minimum Gasteiger partial charge on any atom is -0.463 e. The Morgan fingerprint density at radius 3 is 2.74 bits per heavy atom. The van der Waals surface area contributed by atoms with Crippen LogP contribution in [-0.2, 0) is 11.8 Å². The van der Waals surface area contributed by atoms with Crippen LogP contribution in [0.5, 0.6) is 6.01 Å². The van der Waals surface area contributed by atoms with Crippen LogP contribution in [0.15, 0.2) is 36.7 Å². The van der Waals surface area contributed by atoms with Crippen LogP contribution >= 0.6 is 0 Å². The minimum absolute atomic E-state index is 0.223. The maximum absolute atomic E-state index is 14.7. The van der Waals surface area contributed by atoms with E-state index in [1.54, 1.807) is 36.3 Å². The van der Waals surface area contributed by atoms with Crippen molar-refractivity contribution in [2.75, 3.05) is 62.8 Å². The van der Waals surface area contributed by atoms with Gasteiger partial charge in [-0.05, 0) is 44.5 Å². The third-order valence-electron chi connectivity index (χ3n) is 7.74. The second-order valence-corrected chi connectivity index (χ2v) is 11.2. The number of rotatable bonds is 8. The fourth-order valence-corrected chi connectivity index (χ4v) is 5.90. The first-order valence-electron chi connectivity index (χ1n) is 14.5. The van der Waals surface area contributed by atoms with Crippen molar-refractivity contribution in [3.8, 4) is 6.01 Å². The topological polar surface area (TPSA) is 110 Å². The standard InChI is InChI=1S/C30H37FN8O3/c1-19-16-39(17-20(2)33-19)26-6-5-23(29(40)34-22-13-21-18-37(3)36-27(21)25(31)14-22)28-24(26)15-32-30(35-28)42-10-4-7-38-8-11-41-12-9-38/h5-6,13-15,18-20,33H,4,7-12,16-17H2,1-3H3,(H,34,40). The maximum Gasteiger partial charge on any atom is 0.316 e. The first-order chi connectivity index (χ1) is 20.3. The van der Waals surface area contributed by atoms with Crippen molar-refractivity contribution in [1.29, 1.82) is 0 Å². The molecule has 2 unspecified atom stereocenters. The van der Waals surface area contributed by atoms with Gasteiger partial charge >= 0.3 is 6.01 Å². The van der Waals surface area contributed by atoms with Crippen molar-refractivity contribution < 1.29 is 18.7 Å². The molecule has 0 saturated carbocycles. The van der Waals surface area contributed by atoms with E-state index in [0.717, 1.165) is 63.4 Å². The van der Waals surface area contributed by atoms with E-state index < -0.39 is 11.7 Å². The summed E-state index contributed by atoms with van der Waals surface area (Å²) in [6, 6.07) is 7.54. The van der Waals surface area contributed by atoms with Crippen molar-refractivity contribution in [1.82, 2.24) is 30.0 Å². The number of halogens is 1. The lowest BCUT2D eigenvalue weighted by Gasteiger charge is -2.38. The Balaban J connectivity index is 1.28. The molecule has 2 saturated heterocycles. The fraction of sp³-hybridized carbons (Fsp3) is 0.467. The van der Waals surface area contributed by atoms with E-state index in [1.807, 2.05) is 6.07 Å². The van der Waals surface area contributed by atoms with Gasteiger partial charge in [0.2, 0.25) is 0 Å². The van der Waals surface area contributed by atoms with E-state index >= 15 is 0 Å². The molecule has 4 heterocycles. The van der Waals surface area contributed by atoms with E-state index in [9.17, 15) is 9.18 Å². The van der Waals surface area contributed by atoms with Gasteiger partial charge in [-0.15, -0.1) is 0 Å². The molecule has 0 spiro atoms. The smallest absolute Gasteiger partial charge is 0.316 e. The lowest BCUT2D eigenvalue weighted by atomic mass is 10.0. The number of amides is 1. The molecule has 12 heteroatoms. The van der Waals surface area contributed by atoms with Gasteiger partial charge in [-0.2, -0.15) is 10.1 Å². The zero-order valence-corrected chi connectivity index (χ0v) is 24.3. The van der Waals surface area contributed by atoms with Crippen LogP contribution in [0.2, 0.25) is 0 Å². The Hall–Kier alpha value is -3.87. The maximum atomic E-state index is 14.7. The first-order valence-corrected chi connectivity index (χ1v) is 14.5. The number of hydrogen-bond donors (Lipinski definition) is 2. The van der Waals surface area contributed by atoms with Crippen molar-refractivity contribution in [2.45, 2.75) is 32.4 Å². The monoisotopic (exact) mass is 576 g/mol. The molecule has 222 valence electrons. The van der Waals surface area contributed by atoms with Gasteiger partial charge in [0.1, 0.15) is 5.52 Å². The molecule has 11 nitrogen and oxygen atoms in total. The Morgan fingerprint density at radius 1 is 1.17 bits per heavy atom. The highest BCUT2D eigenvalue weighted by Gasteiger charge is 2.25. The van der Waals surface area contributed by atoms with Crippen LogP contribution in [0.25, 0.3) is 21.8 Å². The van der Waals surface area contributed by atoms with E-state index in [4.69, 9.17) is 14.5 Å². The normalized spacial score (nSPS) is 19.9. The van der Waals surface area contributed by atoms with E-state index in [-0.39, 0.29) is 11.5 Å². The Morgan fingerprint density at radius 2 is 1.95 bits per heavy atom. The number of nitrogens with zero attached hydrogens (tertiary/aromatic N) is 6. The summed E-state index contributed by atoms with van der Waals surface area (Å²) in [5, 5.41) is 11.9. The van der Waals surface area contributed by atoms with Gasteiger partial charge in [0.15, 0.2) is 5.82 Å². The molecule has 2 fully saturated rings. The molecular formula is C30H37FN8O3. The lowest BCUT2D eigenvalue weighted by molar-refractivity contribution is 0.0356. The molecule has 2 aliphatic heterocycles. The van der Waals surface area contributed by atoms with Gasteiger partial charge in [0.05, 0.1) is 30.9 Å². The number of carbonyl (C=O) groups is 1. The third kappa shape index (κ3) is 6.15. The van der Waals surface area contributed by atoms with Crippen LogP contribution in [-0.4, -0.2) is 95.2 Å². The van der Waals surface area contributed by atoms with Crippen molar-refractivity contribution in [3.05, 3.63) is 48.0 Å². The van der Waals surface area contributed by atoms with Gasteiger partial charge in [0, 0.05) is 86.4 Å². The Labute approximate surface area is 244 Å². The average Bonchev–Trinajstić information content (AvgIpc) is 3.35. The molecule has 42 heavy (non-hydrogen) atoms. The molecule has 2 aromatic carbocycles. The summed E-state index contributed by atoms with van der Waals surface area (Å²) in [5.41, 5.74) is 2.41. The first kappa shape index (κ1) is 28.3. The molecule has 2 aliphatic rings. The highest BCUT2D eigenvalue weighted by atomic mass is 19.1. The minimum atomic E-state index is -0.499. The number of fused-ring (bicyclic) bond motifs is 2. The summed E-state index contributed by atoms with van der Waals surface area (Å²) >= 11 is 0. The number of aryl methyl sites for hydroxylation is 1. The molecule has 1 amide bonds. The molecule has 2 atom stereocenters. The second-order valence-electron chi connectivity index (χ2n) is 11.2. The summed E-state index contributed by atoms with van der Waals surface area (Å²) in [6.45, 7) is 10.7. The largest absolute Gasteiger partial charge is 0.463 e. The zero-order valence-electron chi connectivity index (χ0n) is 24.3. The number of aromatic nitrogens is 4. The Bertz CT molecular complexity index is 1580. The number of anilines is 2. The van der Waals surface area contributed by atoms with E-state index in [2.05, 4.69) is 44.4 Å². The van der Waals surface area contributed by atoms with Crippen LogP contribution < -0.4 is 20.3 Å². The van der Waals surface area contributed by atoms with Crippen LogP contribution in [0, 0.1) is 5.82 Å².